The molecule has 0 bridgehead atoms. The number of rotatable bonds is 3. The predicted molar refractivity (Wildman–Crippen MR) is 65.8 cm³/mol. The molecular formula is C14H15NO2. The van der Waals surface area contributed by atoms with E-state index in [9.17, 15) is 4.79 Å². The van der Waals surface area contributed by atoms with Gasteiger partial charge in [0.1, 0.15) is 18.3 Å². The second-order valence-corrected chi connectivity index (χ2v) is 3.87. The van der Waals surface area contributed by atoms with E-state index < -0.39 is 0 Å². The quantitative estimate of drug-likeness (QED) is 0.632. The Morgan fingerprint density at radius 1 is 1.53 bits per heavy atom. The van der Waals surface area contributed by atoms with Crippen LogP contribution in [0.5, 0.6) is 5.75 Å². The summed E-state index contributed by atoms with van der Waals surface area (Å²) in [4.78, 5) is 11.9. The van der Waals surface area contributed by atoms with Crippen molar-refractivity contribution >= 4 is 5.91 Å². The van der Waals surface area contributed by atoms with Gasteiger partial charge >= 0.3 is 0 Å². The summed E-state index contributed by atoms with van der Waals surface area (Å²) in [6, 6.07) is 7.68. The number of hydrogen-bond acceptors (Lipinski definition) is 2. The van der Waals surface area contributed by atoms with Crippen molar-refractivity contribution in [1.29, 1.82) is 0 Å². The third kappa shape index (κ3) is 2.59. The molecule has 1 atom stereocenters. The Morgan fingerprint density at radius 2 is 2.35 bits per heavy atom. The van der Waals surface area contributed by atoms with Crippen LogP contribution in [-0.4, -0.2) is 19.1 Å². The van der Waals surface area contributed by atoms with E-state index in [0.29, 0.717) is 19.6 Å². The van der Waals surface area contributed by atoms with Gasteiger partial charge in [-0.3, -0.25) is 4.79 Å². The standard InChI is InChI=1S/C14H15NO2/c1-2-3-6-9-15-14(16)12-10-17-13-8-5-4-7-11(12)13/h4-5,7-8,12H,6,9-10H2,1H3,(H,15,16). The minimum Gasteiger partial charge on any atom is -0.492 e. The zero-order chi connectivity index (χ0) is 12.1. The minimum absolute atomic E-state index is 0.0212. The van der Waals surface area contributed by atoms with Crippen LogP contribution in [0.3, 0.4) is 0 Å². The van der Waals surface area contributed by atoms with Crippen LogP contribution in [0.4, 0.5) is 0 Å². The van der Waals surface area contributed by atoms with E-state index in [0.717, 1.165) is 11.3 Å². The lowest BCUT2D eigenvalue weighted by Crippen LogP contribution is -2.30. The molecule has 1 aromatic carbocycles. The fourth-order valence-electron chi connectivity index (χ4n) is 1.88. The molecule has 1 aliphatic rings. The maximum absolute atomic E-state index is 11.9. The van der Waals surface area contributed by atoms with Crippen molar-refractivity contribution in [3.63, 3.8) is 0 Å². The molecule has 3 heteroatoms. The van der Waals surface area contributed by atoms with Crippen LogP contribution in [0.25, 0.3) is 0 Å². The number of ether oxygens (including phenoxy) is 1. The van der Waals surface area contributed by atoms with Gasteiger partial charge in [0.15, 0.2) is 0 Å². The van der Waals surface area contributed by atoms with Gasteiger partial charge in [-0.15, -0.1) is 11.8 Å². The monoisotopic (exact) mass is 229 g/mol. The van der Waals surface area contributed by atoms with E-state index in [1.54, 1.807) is 6.92 Å². The first-order chi connectivity index (χ1) is 8.33. The Morgan fingerprint density at radius 3 is 3.18 bits per heavy atom. The number of amides is 1. The van der Waals surface area contributed by atoms with Crippen LogP contribution in [-0.2, 0) is 4.79 Å². The molecule has 0 aliphatic carbocycles. The molecule has 1 N–H and O–H groups in total. The largest absolute Gasteiger partial charge is 0.492 e. The summed E-state index contributed by atoms with van der Waals surface area (Å²) in [7, 11) is 0. The van der Waals surface area contributed by atoms with Crippen molar-refractivity contribution in [1.82, 2.24) is 5.32 Å². The summed E-state index contributed by atoms with van der Waals surface area (Å²) in [6.45, 7) is 2.83. The van der Waals surface area contributed by atoms with Crippen molar-refractivity contribution in [3.8, 4) is 17.6 Å². The van der Waals surface area contributed by atoms with E-state index in [2.05, 4.69) is 17.2 Å². The van der Waals surface area contributed by atoms with Crippen molar-refractivity contribution in [2.75, 3.05) is 13.2 Å². The molecular weight excluding hydrogens is 214 g/mol. The second-order valence-electron chi connectivity index (χ2n) is 3.87. The number of benzene rings is 1. The molecule has 0 aromatic heterocycles. The van der Waals surface area contributed by atoms with Gasteiger partial charge in [-0.2, -0.15) is 0 Å². The minimum atomic E-state index is -0.180. The van der Waals surface area contributed by atoms with E-state index in [-0.39, 0.29) is 11.8 Å². The predicted octanol–water partition coefficient (Wildman–Crippen LogP) is 1.69. The highest BCUT2D eigenvalue weighted by Gasteiger charge is 2.29. The lowest BCUT2D eigenvalue weighted by molar-refractivity contribution is -0.122. The molecule has 0 spiro atoms. The summed E-state index contributed by atoms with van der Waals surface area (Å²) in [6.07, 6.45) is 0.692. The third-order valence-corrected chi connectivity index (χ3v) is 2.74. The highest BCUT2D eigenvalue weighted by molar-refractivity contribution is 5.85. The number of carbonyl (C=O) groups is 1. The number of para-hydroxylation sites is 1. The Labute approximate surface area is 101 Å². The van der Waals surface area contributed by atoms with Gasteiger partial charge in [-0.05, 0) is 13.0 Å². The molecule has 0 saturated carbocycles. The van der Waals surface area contributed by atoms with Gasteiger partial charge in [0.2, 0.25) is 5.91 Å². The van der Waals surface area contributed by atoms with Crippen molar-refractivity contribution in [2.24, 2.45) is 0 Å². The van der Waals surface area contributed by atoms with Gasteiger partial charge in [0.05, 0.1) is 0 Å². The van der Waals surface area contributed by atoms with E-state index in [1.807, 2.05) is 24.3 Å². The van der Waals surface area contributed by atoms with Crippen LogP contribution in [0, 0.1) is 11.8 Å². The first kappa shape index (κ1) is 11.5. The van der Waals surface area contributed by atoms with E-state index >= 15 is 0 Å². The molecule has 1 aliphatic heterocycles. The zero-order valence-corrected chi connectivity index (χ0v) is 9.82. The number of fused-ring (bicyclic) bond motifs is 1. The molecule has 0 radical (unpaired) electrons. The SMILES string of the molecule is CC#CCCNC(=O)C1COc2ccccc21. The summed E-state index contributed by atoms with van der Waals surface area (Å²) >= 11 is 0. The lowest BCUT2D eigenvalue weighted by Gasteiger charge is -2.08. The van der Waals surface area contributed by atoms with Crippen LogP contribution in [0.15, 0.2) is 24.3 Å². The fraction of sp³-hybridized carbons (Fsp3) is 0.357. The molecule has 0 fully saturated rings. The highest BCUT2D eigenvalue weighted by atomic mass is 16.5. The highest BCUT2D eigenvalue weighted by Crippen LogP contribution is 2.33. The average Bonchev–Trinajstić information content (AvgIpc) is 2.78. The van der Waals surface area contributed by atoms with Gasteiger partial charge in [0, 0.05) is 18.5 Å². The summed E-state index contributed by atoms with van der Waals surface area (Å²) in [5, 5.41) is 2.88. The lowest BCUT2D eigenvalue weighted by atomic mass is 10.0. The fourth-order valence-corrected chi connectivity index (χ4v) is 1.88. The first-order valence-electron chi connectivity index (χ1n) is 5.72. The maximum atomic E-state index is 11.9. The Kier molecular flexibility index (Phi) is 3.66. The second kappa shape index (κ2) is 5.40. The molecule has 1 aromatic rings. The average molecular weight is 229 g/mol. The van der Waals surface area contributed by atoms with Crippen LogP contribution < -0.4 is 10.1 Å². The van der Waals surface area contributed by atoms with E-state index in [4.69, 9.17) is 4.74 Å². The van der Waals surface area contributed by atoms with Crippen molar-refractivity contribution in [3.05, 3.63) is 29.8 Å². The topological polar surface area (TPSA) is 38.3 Å². The summed E-state index contributed by atoms with van der Waals surface area (Å²) < 4.78 is 5.47. The molecule has 1 unspecified atom stereocenters. The third-order valence-electron chi connectivity index (χ3n) is 2.74. The van der Waals surface area contributed by atoms with E-state index in [1.165, 1.54) is 0 Å². The number of nitrogens with one attached hydrogen (secondary N) is 1. The van der Waals surface area contributed by atoms with Crippen LogP contribution >= 0.6 is 0 Å². The number of hydrogen-bond donors (Lipinski definition) is 1. The first-order valence-corrected chi connectivity index (χ1v) is 5.72. The van der Waals surface area contributed by atoms with Crippen LogP contribution in [0.2, 0.25) is 0 Å². The Bertz CT molecular complexity index is 471. The van der Waals surface area contributed by atoms with Gasteiger partial charge in [0.25, 0.3) is 0 Å². The molecule has 17 heavy (non-hydrogen) atoms. The Balaban J connectivity index is 1.95. The zero-order valence-electron chi connectivity index (χ0n) is 9.82. The molecule has 1 heterocycles. The Hall–Kier alpha value is -1.95. The van der Waals surface area contributed by atoms with Gasteiger partial charge < -0.3 is 10.1 Å². The normalized spacial score (nSPS) is 16.4. The van der Waals surface area contributed by atoms with Crippen LogP contribution in [0.1, 0.15) is 24.8 Å². The van der Waals surface area contributed by atoms with Gasteiger partial charge in [-0.1, -0.05) is 18.2 Å². The van der Waals surface area contributed by atoms with Gasteiger partial charge in [-0.25, -0.2) is 0 Å². The maximum Gasteiger partial charge on any atom is 0.231 e. The summed E-state index contributed by atoms with van der Waals surface area (Å²) in [5.74, 6) is 6.38. The number of carbonyl (C=O) groups excluding carboxylic acids is 1. The molecule has 1 amide bonds. The van der Waals surface area contributed by atoms with Crippen molar-refractivity contribution in [2.45, 2.75) is 19.3 Å². The summed E-state index contributed by atoms with van der Waals surface area (Å²) in [5.41, 5.74) is 0.978. The molecule has 0 saturated heterocycles. The molecule has 3 nitrogen and oxygen atoms in total. The smallest absolute Gasteiger partial charge is 0.231 e. The molecule has 88 valence electrons. The van der Waals surface area contributed by atoms with Crippen molar-refractivity contribution < 1.29 is 9.53 Å². The molecule has 2 rings (SSSR count).